The quantitative estimate of drug-likeness (QED) is 0.842. The minimum Gasteiger partial charge on any atom is -0.496 e. The Morgan fingerprint density at radius 2 is 2.33 bits per heavy atom. The fourth-order valence-corrected chi connectivity index (χ4v) is 2.45. The fourth-order valence-electron chi connectivity index (χ4n) is 2.26. The van der Waals surface area contributed by atoms with E-state index in [2.05, 4.69) is 0 Å². The van der Waals surface area contributed by atoms with Crippen molar-refractivity contribution in [2.24, 2.45) is 5.92 Å². The molecule has 1 aromatic rings. The average molecular weight is 269 g/mol. The summed E-state index contributed by atoms with van der Waals surface area (Å²) in [6.07, 6.45) is 1.34. The van der Waals surface area contributed by atoms with E-state index in [1.54, 1.807) is 25.3 Å². The van der Waals surface area contributed by atoms with Crippen LogP contribution in [-0.4, -0.2) is 25.6 Å². The lowest BCUT2D eigenvalue weighted by Gasteiger charge is -2.10. The lowest BCUT2D eigenvalue weighted by molar-refractivity contribution is -0.122. The SMILES string of the molecule is COc1ccc(Cl)cc1CC(=O)C1COC(C)C1. The standard InChI is InChI=1S/C14H17ClO3/c1-9-5-11(8-18-9)13(16)7-10-6-12(15)3-4-14(10)17-2/h3-4,6,9,11H,5,7-8H2,1-2H3. The van der Waals surface area contributed by atoms with Crippen LogP contribution in [0.15, 0.2) is 18.2 Å². The summed E-state index contributed by atoms with van der Waals surface area (Å²) in [5.74, 6) is 0.906. The molecule has 0 saturated carbocycles. The van der Waals surface area contributed by atoms with Gasteiger partial charge in [0.1, 0.15) is 11.5 Å². The first kappa shape index (κ1) is 13.4. The Labute approximate surface area is 112 Å². The Morgan fingerprint density at radius 1 is 1.56 bits per heavy atom. The second kappa shape index (κ2) is 5.72. The van der Waals surface area contributed by atoms with E-state index in [1.165, 1.54) is 0 Å². The number of hydrogen-bond donors (Lipinski definition) is 0. The van der Waals surface area contributed by atoms with Gasteiger partial charge in [0, 0.05) is 22.9 Å². The van der Waals surface area contributed by atoms with Crippen molar-refractivity contribution < 1.29 is 14.3 Å². The predicted molar refractivity (Wildman–Crippen MR) is 70.2 cm³/mol. The molecule has 0 amide bonds. The molecule has 3 nitrogen and oxygen atoms in total. The molecular formula is C14H17ClO3. The highest BCUT2D eigenvalue weighted by atomic mass is 35.5. The predicted octanol–water partition coefficient (Wildman–Crippen LogP) is 2.89. The maximum absolute atomic E-state index is 12.2. The molecule has 1 aromatic carbocycles. The molecule has 4 heteroatoms. The second-order valence-corrected chi connectivity index (χ2v) is 5.11. The van der Waals surface area contributed by atoms with Gasteiger partial charge in [-0.05, 0) is 31.5 Å². The van der Waals surface area contributed by atoms with E-state index < -0.39 is 0 Å². The Hall–Kier alpha value is -1.06. The molecule has 1 saturated heterocycles. The van der Waals surface area contributed by atoms with Gasteiger partial charge in [-0.3, -0.25) is 4.79 Å². The summed E-state index contributed by atoms with van der Waals surface area (Å²) >= 11 is 5.95. The van der Waals surface area contributed by atoms with Crippen molar-refractivity contribution >= 4 is 17.4 Å². The van der Waals surface area contributed by atoms with Crippen molar-refractivity contribution in [1.82, 2.24) is 0 Å². The summed E-state index contributed by atoms with van der Waals surface area (Å²) in [6.45, 7) is 2.52. The molecule has 2 unspecified atom stereocenters. The summed E-state index contributed by atoms with van der Waals surface area (Å²) < 4.78 is 10.7. The molecule has 0 N–H and O–H groups in total. The molecule has 2 atom stereocenters. The third kappa shape index (κ3) is 3.03. The number of methoxy groups -OCH3 is 1. The number of halogens is 1. The molecule has 1 aliphatic heterocycles. The summed E-state index contributed by atoms with van der Waals surface area (Å²) in [4.78, 5) is 12.2. The van der Waals surface area contributed by atoms with Crippen LogP contribution in [0.2, 0.25) is 5.02 Å². The van der Waals surface area contributed by atoms with E-state index in [-0.39, 0.29) is 17.8 Å². The minimum absolute atomic E-state index is 0.00341. The van der Waals surface area contributed by atoms with Gasteiger partial charge in [0.2, 0.25) is 0 Å². The number of hydrogen-bond acceptors (Lipinski definition) is 3. The number of ether oxygens (including phenoxy) is 2. The molecule has 98 valence electrons. The van der Waals surface area contributed by atoms with Gasteiger partial charge in [0.05, 0.1) is 19.8 Å². The second-order valence-electron chi connectivity index (χ2n) is 4.68. The summed E-state index contributed by atoms with van der Waals surface area (Å²) in [7, 11) is 1.60. The third-order valence-corrected chi connectivity index (χ3v) is 3.50. The molecule has 0 spiro atoms. The van der Waals surface area contributed by atoms with Crippen LogP contribution in [0.4, 0.5) is 0 Å². The van der Waals surface area contributed by atoms with Crippen LogP contribution in [0.3, 0.4) is 0 Å². The molecule has 0 aliphatic carbocycles. The smallest absolute Gasteiger partial charge is 0.142 e. The monoisotopic (exact) mass is 268 g/mol. The zero-order valence-electron chi connectivity index (χ0n) is 10.6. The van der Waals surface area contributed by atoms with E-state index >= 15 is 0 Å². The van der Waals surface area contributed by atoms with Crippen molar-refractivity contribution in [3.8, 4) is 5.75 Å². The van der Waals surface area contributed by atoms with Crippen molar-refractivity contribution in [1.29, 1.82) is 0 Å². The number of benzene rings is 1. The van der Waals surface area contributed by atoms with Gasteiger partial charge < -0.3 is 9.47 Å². The lowest BCUT2D eigenvalue weighted by atomic mass is 9.95. The first-order valence-electron chi connectivity index (χ1n) is 6.07. The Kier molecular flexibility index (Phi) is 4.25. The van der Waals surface area contributed by atoms with Gasteiger partial charge in [0.25, 0.3) is 0 Å². The molecule has 1 aliphatic rings. The van der Waals surface area contributed by atoms with Crippen molar-refractivity contribution in [3.05, 3.63) is 28.8 Å². The largest absolute Gasteiger partial charge is 0.496 e. The van der Waals surface area contributed by atoms with Crippen LogP contribution in [0, 0.1) is 5.92 Å². The van der Waals surface area contributed by atoms with Crippen molar-refractivity contribution in [2.75, 3.05) is 13.7 Å². The Balaban J connectivity index is 2.09. The van der Waals surface area contributed by atoms with Crippen LogP contribution in [-0.2, 0) is 16.0 Å². The van der Waals surface area contributed by atoms with Gasteiger partial charge in [-0.15, -0.1) is 0 Å². The van der Waals surface area contributed by atoms with Crippen LogP contribution in [0.25, 0.3) is 0 Å². The third-order valence-electron chi connectivity index (χ3n) is 3.26. The Morgan fingerprint density at radius 3 is 2.94 bits per heavy atom. The number of carbonyl (C=O) groups excluding carboxylic acids is 1. The highest BCUT2D eigenvalue weighted by Crippen LogP contribution is 2.26. The van der Waals surface area contributed by atoms with E-state index in [1.807, 2.05) is 6.92 Å². The van der Waals surface area contributed by atoms with E-state index in [0.717, 1.165) is 12.0 Å². The normalized spacial score (nSPS) is 23.1. The van der Waals surface area contributed by atoms with E-state index in [0.29, 0.717) is 23.8 Å². The van der Waals surface area contributed by atoms with Gasteiger partial charge in [-0.25, -0.2) is 0 Å². The lowest BCUT2D eigenvalue weighted by Crippen LogP contribution is -2.17. The maximum Gasteiger partial charge on any atom is 0.142 e. The van der Waals surface area contributed by atoms with Crippen LogP contribution < -0.4 is 4.74 Å². The van der Waals surface area contributed by atoms with E-state index in [9.17, 15) is 4.79 Å². The van der Waals surface area contributed by atoms with Crippen molar-refractivity contribution in [2.45, 2.75) is 25.9 Å². The Bertz CT molecular complexity index is 445. The topological polar surface area (TPSA) is 35.5 Å². The highest BCUT2D eigenvalue weighted by molar-refractivity contribution is 6.30. The van der Waals surface area contributed by atoms with Gasteiger partial charge in [0.15, 0.2) is 0 Å². The summed E-state index contributed by atoms with van der Waals surface area (Å²) in [5.41, 5.74) is 0.842. The fraction of sp³-hybridized carbons (Fsp3) is 0.500. The van der Waals surface area contributed by atoms with Gasteiger partial charge >= 0.3 is 0 Å². The summed E-state index contributed by atoms with van der Waals surface area (Å²) in [5, 5.41) is 0.620. The number of rotatable bonds is 4. The minimum atomic E-state index is 0.00341. The zero-order chi connectivity index (χ0) is 13.1. The molecule has 0 aromatic heterocycles. The maximum atomic E-state index is 12.2. The molecule has 0 radical (unpaired) electrons. The van der Waals surface area contributed by atoms with Gasteiger partial charge in [-0.1, -0.05) is 11.6 Å². The van der Waals surface area contributed by atoms with Crippen molar-refractivity contribution in [3.63, 3.8) is 0 Å². The molecule has 1 fully saturated rings. The van der Waals surface area contributed by atoms with E-state index in [4.69, 9.17) is 21.1 Å². The molecular weight excluding hydrogens is 252 g/mol. The summed E-state index contributed by atoms with van der Waals surface area (Å²) in [6, 6.07) is 5.34. The molecule has 0 bridgehead atoms. The molecule has 18 heavy (non-hydrogen) atoms. The van der Waals surface area contributed by atoms with Crippen LogP contribution in [0.5, 0.6) is 5.75 Å². The zero-order valence-corrected chi connectivity index (χ0v) is 11.4. The highest BCUT2D eigenvalue weighted by Gasteiger charge is 2.28. The van der Waals surface area contributed by atoms with Crippen LogP contribution in [0.1, 0.15) is 18.9 Å². The average Bonchev–Trinajstić information content (AvgIpc) is 2.76. The molecule has 1 heterocycles. The van der Waals surface area contributed by atoms with Gasteiger partial charge in [-0.2, -0.15) is 0 Å². The number of Topliss-reactive ketones (excluding diaryl/α,β-unsaturated/α-hetero) is 1. The first-order valence-corrected chi connectivity index (χ1v) is 6.44. The number of ketones is 1. The number of carbonyl (C=O) groups is 1. The molecule has 2 rings (SSSR count). The first-order chi connectivity index (χ1) is 8.60. The van der Waals surface area contributed by atoms with Crippen LogP contribution >= 0.6 is 11.6 Å².